The van der Waals surface area contributed by atoms with Gasteiger partial charge in [-0.1, -0.05) is 6.92 Å². The third-order valence-electron chi connectivity index (χ3n) is 1.81. The Hall–Kier alpha value is -1.49. The lowest BCUT2D eigenvalue weighted by atomic mass is 10.4. The molecule has 2 aromatic heterocycles. The summed E-state index contributed by atoms with van der Waals surface area (Å²) in [6.07, 6.45) is 5.56. The molecule has 0 aliphatic heterocycles. The first-order chi connectivity index (χ1) is 6.83. The monoisotopic (exact) mass is 209 g/mol. The van der Waals surface area contributed by atoms with Crippen LogP contribution in [0.2, 0.25) is 5.28 Å². The van der Waals surface area contributed by atoms with Crippen molar-refractivity contribution in [2.45, 2.75) is 13.3 Å². The Kier molecular flexibility index (Phi) is 2.41. The summed E-state index contributed by atoms with van der Waals surface area (Å²) in [7, 11) is 0. The quantitative estimate of drug-likeness (QED) is 0.748. The summed E-state index contributed by atoms with van der Waals surface area (Å²) in [5.41, 5.74) is 0.777. The predicted octanol–water partition coefficient (Wildman–Crippen LogP) is 1.27. The fourth-order valence-corrected chi connectivity index (χ4v) is 1.42. The average molecular weight is 210 g/mol. The zero-order valence-electron chi connectivity index (χ0n) is 7.55. The maximum absolute atomic E-state index is 5.89. The molecule has 0 aromatic carbocycles. The van der Waals surface area contributed by atoms with E-state index < -0.39 is 0 Å². The van der Waals surface area contributed by atoms with Crippen LogP contribution < -0.4 is 0 Å². The Morgan fingerprint density at radius 2 is 2.00 bits per heavy atom. The molecule has 14 heavy (non-hydrogen) atoms. The van der Waals surface area contributed by atoms with Gasteiger partial charge in [-0.15, -0.1) is 10.2 Å². The minimum atomic E-state index is 0.330. The second-order valence-corrected chi connectivity index (χ2v) is 3.01. The Bertz CT molecular complexity index is 425. The van der Waals surface area contributed by atoms with Crippen molar-refractivity contribution < 1.29 is 0 Å². The molecule has 0 radical (unpaired) electrons. The minimum Gasteiger partial charge on any atom is -0.267 e. The Morgan fingerprint density at radius 3 is 2.64 bits per heavy atom. The largest absolute Gasteiger partial charge is 0.267 e. The molecule has 2 aromatic rings. The van der Waals surface area contributed by atoms with Crippen molar-refractivity contribution in [3.05, 3.63) is 29.8 Å². The van der Waals surface area contributed by atoms with Gasteiger partial charge in [0.2, 0.25) is 5.28 Å². The summed E-state index contributed by atoms with van der Waals surface area (Å²) >= 11 is 5.89. The highest BCUT2D eigenvalue weighted by atomic mass is 35.5. The number of hydrogen-bond acceptors (Lipinski definition) is 4. The van der Waals surface area contributed by atoms with Crippen LogP contribution in [-0.4, -0.2) is 24.7 Å². The van der Waals surface area contributed by atoms with Gasteiger partial charge in [0.05, 0.1) is 18.1 Å². The Labute approximate surface area is 85.8 Å². The molecule has 5 nitrogen and oxygen atoms in total. The van der Waals surface area contributed by atoms with Crippen LogP contribution in [0.1, 0.15) is 12.7 Å². The normalized spacial score (nSPS) is 10.4. The smallest absolute Gasteiger partial charge is 0.229 e. The Morgan fingerprint density at radius 1 is 1.29 bits per heavy atom. The van der Waals surface area contributed by atoms with Crippen LogP contribution in [0.25, 0.3) is 5.69 Å². The number of halogens is 1. The van der Waals surface area contributed by atoms with E-state index in [0.29, 0.717) is 5.28 Å². The van der Waals surface area contributed by atoms with E-state index in [1.807, 2.05) is 6.92 Å². The number of aromatic nitrogens is 5. The first-order valence-electron chi connectivity index (χ1n) is 4.18. The topological polar surface area (TPSA) is 56.5 Å². The van der Waals surface area contributed by atoms with E-state index in [0.717, 1.165) is 17.9 Å². The molecule has 0 aliphatic carbocycles. The zero-order valence-corrected chi connectivity index (χ0v) is 8.31. The van der Waals surface area contributed by atoms with Crippen LogP contribution in [0.5, 0.6) is 0 Å². The van der Waals surface area contributed by atoms with Gasteiger partial charge in [0.15, 0.2) is 0 Å². The minimum absolute atomic E-state index is 0.330. The molecule has 0 saturated heterocycles. The van der Waals surface area contributed by atoms with E-state index >= 15 is 0 Å². The van der Waals surface area contributed by atoms with Crippen molar-refractivity contribution in [1.29, 1.82) is 0 Å². The van der Waals surface area contributed by atoms with Crippen LogP contribution in [0.3, 0.4) is 0 Å². The van der Waals surface area contributed by atoms with E-state index in [9.17, 15) is 0 Å². The second kappa shape index (κ2) is 3.71. The molecule has 0 N–H and O–H groups in total. The molecule has 0 spiro atoms. The summed E-state index contributed by atoms with van der Waals surface area (Å²) < 4.78 is 1.72. The molecule has 0 aliphatic rings. The maximum Gasteiger partial charge on any atom is 0.229 e. The molecule has 72 valence electrons. The molecular formula is C8H8ClN5. The van der Waals surface area contributed by atoms with E-state index in [1.54, 1.807) is 17.0 Å². The number of rotatable bonds is 2. The molecular weight excluding hydrogens is 202 g/mol. The van der Waals surface area contributed by atoms with Crippen LogP contribution in [-0.2, 0) is 6.42 Å². The third-order valence-corrected chi connectivity index (χ3v) is 2.06. The van der Waals surface area contributed by atoms with Crippen molar-refractivity contribution >= 4 is 11.6 Å². The molecule has 0 unspecified atom stereocenters. The van der Waals surface area contributed by atoms with E-state index in [-0.39, 0.29) is 0 Å². The summed E-state index contributed by atoms with van der Waals surface area (Å²) in [4.78, 5) is 7.82. The zero-order chi connectivity index (χ0) is 9.97. The lowest BCUT2D eigenvalue weighted by Gasteiger charge is -2.03. The van der Waals surface area contributed by atoms with Gasteiger partial charge in [0, 0.05) is 6.42 Å². The SMILES string of the molecule is CCc1nnc(Cl)n1-c1cncnc1. The fourth-order valence-electron chi connectivity index (χ4n) is 1.19. The van der Waals surface area contributed by atoms with Crippen molar-refractivity contribution in [1.82, 2.24) is 24.7 Å². The van der Waals surface area contributed by atoms with E-state index in [2.05, 4.69) is 20.2 Å². The molecule has 0 bridgehead atoms. The van der Waals surface area contributed by atoms with Crippen molar-refractivity contribution in [3.8, 4) is 5.69 Å². The maximum atomic E-state index is 5.89. The van der Waals surface area contributed by atoms with Crippen LogP contribution in [0.4, 0.5) is 0 Å². The van der Waals surface area contributed by atoms with Gasteiger partial charge in [-0.05, 0) is 11.6 Å². The van der Waals surface area contributed by atoms with Crippen LogP contribution >= 0.6 is 11.6 Å². The number of hydrogen-bond donors (Lipinski definition) is 0. The highest BCUT2D eigenvalue weighted by Gasteiger charge is 2.10. The lowest BCUT2D eigenvalue weighted by Crippen LogP contribution is -2.01. The summed E-state index contributed by atoms with van der Waals surface area (Å²) in [6.45, 7) is 1.99. The first-order valence-corrected chi connectivity index (χ1v) is 4.56. The summed E-state index contributed by atoms with van der Waals surface area (Å²) in [6, 6.07) is 0. The molecule has 0 atom stereocenters. The van der Waals surface area contributed by atoms with Crippen molar-refractivity contribution in [3.63, 3.8) is 0 Å². The summed E-state index contributed by atoms with van der Waals surface area (Å²) in [5, 5.41) is 8.05. The molecule has 0 amide bonds. The van der Waals surface area contributed by atoms with Gasteiger partial charge in [0.1, 0.15) is 12.2 Å². The highest BCUT2D eigenvalue weighted by Crippen LogP contribution is 2.15. The van der Waals surface area contributed by atoms with Crippen molar-refractivity contribution in [2.75, 3.05) is 0 Å². The molecule has 0 saturated carbocycles. The van der Waals surface area contributed by atoms with Gasteiger partial charge in [-0.3, -0.25) is 4.57 Å². The fraction of sp³-hybridized carbons (Fsp3) is 0.250. The van der Waals surface area contributed by atoms with Gasteiger partial charge in [0.25, 0.3) is 0 Å². The molecule has 0 fully saturated rings. The van der Waals surface area contributed by atoms with Gasteiger partial charge < -0.3 is 0 Å². The predicted molar refractivity (Wildman–Crippen MR) is 51.3 cm³/mol. The number of aryl methyl sites for hydroxylation is 1. The average Bonchev–Trinajstić information content (AvgIpc) is 2.61. The molecule has 2 heterocycles. The van der Waals surface area contributed by atoms with Crippen LogP contribution in [0.15, 0.2) is 18.7 Å². The van der Waals surface area contributed by atoms with Gasteiger partial charge in [-0.25, -0.2) is 9.97 Å². The van der Waals surface area contributed by atoms with Crippen LogP contribution in [0, 0.1) is 0 Å². The third kappa shape index (κ3) is 1.46. The summed E-state index contributed by atoms with van der Waals surface area (Å²) in [5.74, 6) is 0.796. The first kappa shape index (κ1) is 9.08. The van der Waals surface area contributed by atoms with E-state index in [4.69, 9.17) is 11.6 Å². The second-order valence-electron chi connectivity index (χ2n) is 2.67. The van der Waals surface area contributed by atoms with Gasteiger partial charge >= 0.3 is 0 Å². The van der Waals surface area contributed by atoms with E-state index in [1.165, 1.54) is 6.33 Å². The number of nitrogens with zero attached hydrogens (tertiary/aromatic N) is 5. The molecule has 6 heteroatoms. The highest BCUT2D eigenvalue weighted by molar-refractivity contribution is 6.28. The molecule has 2 rings (SSSR count). The van der Waals surface area contributed by atoms with Gasteiger partial charge in [-0.2, -0.15) is 0 Å². The Balaban J connectivity index is 2.55. The standard InChI is InChI=1S/C8H8ClN5/c1-2-7-12-13-8(9)14(7)6-3-10-5-11-4-6/h3-5H,2H2,1H3. The lowest BCUT2D eigenvalue weighted by molar-refractivity contribution is 0.873. The van der Waals surface area contributed by atoms with Crippen molar-refractivity contribution in [2.24, 2.45) is 0 Å².